The maximum Gasteiger partial charge on any atom is 0.340 e. The van der Waals surface area contributed by atoms with E-state index in [0.717, 1.165) is 41.9 Å². The zero-order valence-corrected chi connectivity index (χ0v) is 20.1. The molecule has 1 aromatic heterocycles. The van der Waals surface area contributed by atoms with E-state index in [0.29, 0.717) is 35.8 Å². The van der Waals surface area contributed by atoms with Crippen LogP contribution in [0.25, 0.3) is 0 Å². The first-order chi connectivity index (χ1) is 15.3. The normalized spacial score (nSPS) is 17.0. The van der Waals surface area contributed by atoms with E-state index < -0.39 is 16.0 Å². The average Bonchev–Trinajstić information content (AvgIpc) is 3.20. The van der Waals surface area contributed by atoms with E-state index in [4.69, 9.17) is 16.3 Å². The molecule has 7 nitrogen and oxygen atoms in total. The van der Waals surface area contributed by atoms with Gasteiger partial charge in [0.25, 0.3) is 10.0 Å². The number of benzene rings is 1. The van der Waals surface area contributed by atoms with Crippen LogP contribution in [0.2, 0.25) is 5.02 Å². The summed E-state index contributed by atoms with van der Waals surface area (Å²) >= 11 is 6.91. The van der Waals surface area contributed by atoms with Crippen LogP contribution in [-0.4, -0.2) is 38.8 Å². The molecule has 2 aromatic rings. The van der Waals surface area contributed by atoms with Crippen molar-refractivity contribution in [3.8, 4) is 0 Å². The highest BCUT2D eigenvalue weighted by molar-refractivity contribution is 7.94. The van der Waals surface area contributed by atoms with Crippen LogP contribution in [0.15, 0.2) is 28.5 Å². The maximum atomic E-state index is 13.2. The van der Waals surface area contributed by atoms with Crippen molar-refractivity contribution in [3.63, 3.8) is 0 Å². The first-order valence-electron chi connectivity index (χ1n) is 10.6. The van der Waals surface area contributed by atoms with E-state index >= 15 is 0 Å². The van der Waals surface area contributed by atoms with E-state index in [1.807, 2.05) is 0 Å². The van der Waals surface area contributed by atoms with E-state index in [1.54, 1.807) is 29.2 Å². The van der Waals surface area contributed by atoms with Gasteiger partial charge in [0.2, 0.25) is 5.91 Å². The molecule has 1 saturated carbocycles. The predicted octanol–water partition coefficient (Wildman–Crippen LogP) is 4.45. The van der Waals surface area contributed by atoms with Crippen molar-refractivity contribution in [1.82, 2.24) is 4.90 Å². The second-order valence-electron chi connectivity index (χ2n) is 8.11. The van der Waals surface area contributed by atoms with Gasteiger partial charge in [-0.1, -0.05) is 30.9 Å². The molecular weight excluding hydrogens is 472 g/mol. The van der Waals surface area contributed by atoms with Gasteiger partial charge in [-0.05, 0) is 49.1 Å². The third kappa shape index (κ3) is 4.65. The number of carbonyl (C=O) groups excluding carboxylic acids is 2. The molecule has 2 heterocycles. The fraction of sp³-hybridized carbons (Fsp3) is 0.455. The molecule has 10 heteroatoms. The zero-order valence-electron chi connectivity index (χ0n) is 17.7. The Kier molecular flexibility index (Phi) is 6.78. The van der Waals surface area contributed by atoms with Crippen molar-refractivity contribution in [2.75, 3.05) is 18.4 Å². The largest absolute Gasteiger partial charge is 0.465 e. The van der Waals surface area contributed by atoms with Gasteiger partial charge in [0.1, 0.15) is 0 Å². The van der Waals surface area contributed by atoms with Crippen molar-refractivity contribution in [2.45, 2.75) is 49.3 Å². The van der Waals surface area contributed by atoms with Crippen molar-refractivity contribution in [2.24, 2.45) is 5.92 Å². The lowest BCUT2D eigenvalue weighted by atomic mass is 9.88. The van der Waals surface area contributed by atoms with E-state index in [9.17, 15) is 18.0 Å². The second-order valence-corrected chi connectivity index (χ2v) is 11.5. The molecule has 0 spiro atoms. The smallest absolute Gasteiger partial charge is 0.340 e. The molecule has 2 aliphatic rings. The number of esters is 1. The summed E-state index contributed by atoms with van der Waals surface area (Å²) in [5, 5.41) is 0.484. The van der Waals surface area contributed by atoms with Crippen LogP contribution in [0.3, 0.4) is 0 Å². The number of nitrogens with one attached hydrogen (secondary N) is 1. The van der Waals surface area contributed by atoms with Gasteiger partial charge in [-0.25, -0.2) is 13.2 Å². The summed E-state index contributed by atoms with van der Waals surface area (Å²) in [7, 11) is -2.81. The topological polar surface area (TPSA) is 92.8 Å². The van der Waals surface area contributed by atoms with Gasteiger partial charge in [0.05, 0.1) is 19.2 Å². The number of carbonyl (C=O) groups is 2. The summed E-state index contributed by atoms with van der Waals surface area (Å²) in [6.45, 7) is 0.781. The summed E-state index contributed by atoms with van der Waals surface area (Å²) in [5.74, 6) is -0.516. The molecule has 1 amide bonds. The van der Waals surface area contributed by atoms with Crippen LogP contribution in [0.5, 0.6) is 0 Å². The first kappa shape index (κ1) is 23.1. The highest BCUT2D eigenvalue weighted by Crippen LogP contribution is 2.38. The third-order valence-electron chi connectivity index (χ3n) is 6.02. The van der Waals surface area contributed by atoms with Crippen LogP contribution in [0.1, 0.15) is 52.9 Å². The number of sulfonamides is 1. The highest BCUT2D eigenvalue weighted by atomic mass is 35.5. The van der Waals surface area contributed by atoms with E-state index in [-0.39, 0.29) is 21.6 Å². The molecule has 1 aliphatic carbocycles. The summed E-state index contributed by atoms with van der Waals surface area (Å²) in [6, 6.07) is 6.26. The van der Waals surface area contributed by atoms with E-state index in [2.05, 4.69) is 4.72 Å². The Morgan fingerprint density at radius 2 is 1.84 bits per heavy atom. The molecule has 172 valence electrons. The van der Waals surface area contributed by atoms with E-state index in [1.165, 1.54) is 13.5 Å². The average molecular weight is 497 g/mol. The maximum absolute atomic E-state index is 13.2. The molecule has 0 radical (unpaired) electrons. The Balaban J connectivity index is 1.64. The Morgan fingerprint density at radius 3 is 2.50 bits per heavy atom. The Bertz CT molecular complexity index is 1120. The lowest BCUT2D eigenvalue weighted by Crippen LogP contribution is -2.40. The van der Waals surface area contributed by atoms with Gasteiger partial charge in [-0.15, -0.1) is 11.3 Å². The standard InChI is InChI=1S/C22H25ClN2O5S2/c1-30-21(27)19-17-11-12-25(20(26)14-5-3-2-4-6-14)13-18(17)31-22(19)32(28,29)24-16-9-7-15(23)8-10-16/h7-10,14,24H,2-6,11-13H2,1H3. The monoisotopic (exact) mass is 496 g/mol. The Morgan fingerprint density at radius 1 is 1.16 bits per heavy atom. The molecule has 0 atom stereocenters. The minimum absolute atomic E-state index is 0.0418. The van der Waals surface area contributed by atoms with Crippen molar-refractivity contribution in [1.29, 1.82) is 0 Å². The predicted molar refractivity (Wildman–Crippen MR) is 124 cm³/mol. The molecule has 0 unspecified atom stereocenters. The fourth-order valence-electron chi connectivity index (χ4n) is 4.39. The Hall–Kier alpha value is -2.10. The number of hydrogen-bond donors (Lipinski definition) is 1. The molecule has 32 heavy (non-hydrogen) atoms. The number of thiophene rings is 1. The van der Waals surface area contributed by atoms with Crippen molar-refractivity contribution < 1.29 is 22.7 Å². The summed E-state index contributed by atoms with van der Waals surface area (Å²) in [5.41, 5.74) is 1.07. The minimum Gasteiger partial charge on any atom is -0.465 e. The number of nitrogens with zero attached hydrogens (tertiary/aromatic N) is 1. The highest BCUT2D eigenvalue weighted by Gasteiger charge is 2.36. The third-order valence-corrected chi connectivity index (χ3v) is 9.39. The molecule has 1 aliphatic heterocycles. The van der Waals surface area contributed by atoms with Crippen LogP contribution in [-0.2, 0) is 32.5 Å². The second kappa shape index (κ2) is 9.41. The van der Waals surface area contributed by atoms with Gasteiger partial charge < -0.3 is 9.64 Å². The number of fused-ring (bicyclic) bond motifs is 1. The van der Waals surface area contributed by atoms with Gasteiger partial charge in [-0.2, -0.15) is 0 Å². The lowest BCUT2D eigenvalue weighted by Gasteiger charge is -2.32. The van der Waals surface area contributed by atoms with Crippen LogP contribution >= 0.6 is 22.9 Å². The summed E-state index contributed by atoms with van der Waals surface area (Å²) < 4.78 is 33.7. The fourth-order valence-corrected chi connectivity index (χ4v) is 7.48. The molecule has 0 bridgehead atoms. The van der Waals surface area contributed by atoms with Gasteiger partial charge in [0.15, 0.2) is 4.21 Å². The zero-order chi connectivity index (χ0) is 22.9. The minimum atomic E-state index is -4.04. The number of ether oxygens (including phenoxy) is 1. The number of amides is 1. The summed E-state index contributed by atoms with van der Waals surface area (Å²) in [4.78, 5) is 28.1. The number of methoxy groups -OCH3 is 1. The molecular formula is C22H25ClN2O5S2. The van der Waals surface area contributed by atoms with Crippen molar-refractivity contribution >= 4 is 50.5 Å². The molecule has 1 aromatic carbocycles. The molecule has 1 N–H and O–H groups in total. The number of anilines is 1. The van der Waals surface area contributed by atoms with Crippen molar-refractivity contribution in [3.05, 3.63) is 45.3 Å². The van der Waals surface area contributed by atoms with Crippen LogP contribution in [0, 0.1) is 5.92 Å². The lowest BCUT2D eigenvalue weighted by molar-refractivity contribution is -0.137. The van der Waals surface area contributed by atoms with Crippen LogP contribution in [0.4, 0.5) is 5.69 Å². The van der Waals surface area contributed by atoms with Gasteiger partial charge in [0, 0.05) is 28.0 Å². The number of hydrogen-bond acceptors (Lipinski definition) is 6. The SMILES string of the molecule is COC(=O)c1c(S(=O)(=O)Nc2ccc(Cl)cc2)sc2c1CCN(C(=O)C1CCCCC1)C2. The van der Waals surface area contributed by atoms with Crippen LogP contribution < -0.4 is 4.72 Å². The van der Waals surface area contributed by atoms with Gasteiger partial charge in [-0.3, -0.25) is 9.52 Å². The summed E-state index contributed by atoms with van der Waals surface area (Å²) in [6.07, 6.45) is 5.54. The Labute approximate surface area is 196 Å². The molecule has 1 fully saturated rings. The van der Waals surface area contributed by atoms with Gasteiger partial charge >= 0.3 is 5.97 Å². The first-order valence-corrected chi connectivity index (χ1v) is 13.3. The number of rotatable bonds is 5. The quantitative estimate of drug-likeness (QED) is 0.617. The molecule has 0 saturated heterocycles. The number of halogens is 1. The molecule has 4 rings (SSSR count).